The number of nitrogens with zero attached hydrogens (tertiary/aromatic N) is 1. The summed E-state index contributed by atoms with van der Waals surface area (Å²) in [6.07, 6.45) is 1.57. The van der Waals surface area contributed by atoms with E-state index in [9.17, 15) is 13.2 Å². The number of carbonyl (C=O) groups is 1. The van der Waals surface area contributed by atoms with Gasteiger partial charge in [-0.2, -0.15) is 11.3 Å². The van der Waals surface area contributed by atoms with Crippen LogP contribution < -0.4 is 16.0 Å². The molecule has 0 aliphatic carbocycles. The van der Waals surface area contributed by atoms with Gasteiger partial charge in [0.25, 0.3) is 5.91 Å². The number of rotatable bonds is 5. The molecule has 0 aliphatic heterocycles. The van der Waals surface area contributed by atoms with Gasteiger partial charge in [0.1, 0.15) is 4.90 Å². The van der Waals surface area contributed by atoms with Gasteiger partial charge in [-0.25, -0.2) is 19.0 Å². The van der Waals surface area contributed by atoms with Crippen LogP contribution in [-0.4, -0.2) is 19.3 Å². The monoisotopic (exact) mass is 312 g/mol. The predicted molar refractivity (Wildman–Crippen MR) is 74.2 cm³/mol. The molecule has 2 heterocycles. The summed E-state index contributed by atoms with van der Waals surface area (Å²) < 4.78 is 26.7. The number of hydrazine groups is 1. The molecule has 7 nitrogen and oxygen atoms in total. The fraction of sp³-hybridized carbons (Fsp3) is 0.0909. The third-order valence-electron chi connectivity index (χ3n) is 2.46. The number of hydrogen-bond donors (Lipinski definition) is 3. The van der Waals surface area contributed by atoms with E-state index in [2.05, 4.69) is 9.71 Å². The van der Waals surface area contributed by atoms with Crippen molar-refractivity contribution in [2.24, 2.45) is 5.84 Å². The van der Waals surface area contributed by atoms with E-state index in [1.54, 1.807) is 24.4 Å². The zero-order valence-electron chi connectivity index (χ0n) is 10.2. The van der Waals surface area contributed by atoms with Crippen LogP contribution in [0.1, 0.15) is 16.1 Å². The maximum Gasteiger partial charge on any atom is 0.267 e. The van der Waals surface area contributed by atoms with Crippen LogP contribution in [0.5, 0.6) is 0 Å². The summed E-state index contributed by atoms with van der Waals surface area (Å²) in [6, 6.07) is 5.19. The molecule has 9 heteroatoms. The molecule has 0 radical (unpaired) electrons. The molecule has 0 aliphatic rings. The number of sulfonamides is 1. The maximum atomic E-state index is 12.2. The Kier molecular flexibility index (Phi) is 4.45. The summed E-state index contributed by atoms with van der Waals surface area (Å²) in [4.78, 5) is 15.4. The lowest BCUT2D eigenvalue weighted by Crippen LogP contribution is -2.32. The molecule has 0 fully saturated rings. The Morgan fingerprint density at radius 1 is 1.35 bits per heavy atom. The summed E-state index contributed by atoms with van der Waals surface area (Å²) in [5.74, 6) is 4.37. The van der Waals surface area contributed by atoms with Gasteiger partial charge in [-0.15, -0.1) is 0 Å². The van der Waals surface area contributed by atoms with Crippen LogP contribution in [0, 0.1) is 0 Å². The number of amides is 1. The van der Waals surface area contributed by atoms with Crippen LogP contribution in [-0.2, 0) is 16.6 Å². The van der Waals surface area contributed by atoms with Gasteiger partial charge in [0.15, 0.2) is 0 Å². The number of thiophene rings is 1. The molecule has 4 N–H and O–H groups in total. The Balaban J connectivity index is 2.19. The molecule has 0 bridgehead atoms. The molecule has 1 amide bonds. The van der Waals surface area contributed by atoms with E-state index in [0.717, 1.165) is 11.3 Å². The Labute approximate surface area is 119 Å². The van der Waals surface area contributed by atoms with Gasteiger partial charge < -0.3 is 0 Å². The Hall–Kier alpha value is -1.81. The van der Waals surface area contributed by atoms with Crippen molar-refractivity contribution >= 4 is 27.3 Å². The summed E-state index contributed by atoms with van der Waals surface area (Å²) >= 11 is 1.11. The van der Waals surface area contributed by atoms with Crippen LogP contribution in [0.2, 0.25) is 0 Å². The van der Waals surface area contributed by atoms with E-state index in [1.165, 1.54) is 10.8 Å². The van der Waals surface area contributed by atoms with E-state index in [1.807, 2.05) is 5.43 Å². The van der Waals surface area contributed by atoms with E-state index in [0.29, 0.717) is 5.69 Å². The molecule has 0 aromatic carbocycles. The molecule has 0 saturated carbocycles. The molecule has 2 rings (SSSR count). The minimum atomic E-state index is -3.80. The van der Waals surface area contributed by atoms with Crippen molar-refractivity contribution < 1.29 is 13.2 Å². The number of hydrogen-bond acceptors (Lipinski definition) is 6. The number of aromatic nitrogens is 1. The van der Waals surface area contributed by atoms with Gasteiger partial charge >= 0.3 is 0 Å². The summed E-state index contributed by atoms with van der Waals surface area (Å²) in [6.45, 7) is 0.0443. The van der Waals surface area contributed by atoms with E-state index in [4.69, 9.17) is 5.84 Å². The van der Waals surface area contributed by atoms with Crippen LogP contribution in [0.25, 0.3) is 0 Å². The average Bonchev–Trinajstić information content (AvgIpc) is 2.96. The summed E-state index contributed by atoms with van der Waals surface area (Å²) in [5, 5.41) is 2.81. The highest BCUT2D eigenvalue weighted by Crippen LogP contribution is 2.20. The highest BCUT2D eigenvalue weighted by molar-refractivity contribution is 7.89. The number of pyridine rings is 1. The van der Waals surface area contributed by atoms with Crippen molar-refractivity contribution in [2.45, 2.75) is 11.4 Å². The van der Waals surface area contributed by atoms with Gasteiger partial charge in [0.05, 0.1) is 17.8 Å². The topological polar surface area (TPSA) is 114 Å². The van der Waals surface area contributed by atoms with Gasteiger partial charge in [-0.1, -0.05) is 6.07 Å². The van der Waals surface area contributed by atoms with Crippen LogP contribution in [0.15, 0.2) is 40.1 Å². The summed E-state index contributed by atoms with van der Waals surface area (Å²) in [7, 11) is -3.80. The second-order valence-corrected chi connectivity index (χ2v) is 6.25. The standard InChI is InChI=1S/C11H12N4O3S2/c12-15-11(16)9-6-19-7-10(9)20(17,18)14-5-8-3-1-2-4-13-8/h1-4,6-7,14H,5,12H2,(H,15,16). The second kappa shape index (κ2) is 6.09. The molecule has 106 valence electrons. The molecule has 0 unspecified atom stereocenters. The maximum absolute atomic E-state index is 12.2. The van der Waals surface area contributed by atoms with E-state index >= 15 is 0 Å². The number of nitrogens with one attached hydrogen (secondary N) is 2. The fourth-order valence-electron chi connectivity index (χ4n) is 1.49. The van der Waals surface area contributed by atoms with Gasteiger partial charge in [-0.05, 0) is 12.1 Å². The van der Waals surface area contributed by atoms with Crippen molar-refractivity contribution in [2.75, 3.05) is 0 Å². The first kappa shape index (κ1) is 14.6. The van der Waals surface area contributed by atoms with Gasteiger partial charge in [0, 0.05) is 17.0 Å². The van der Waals surface area contributed by atoms with E-state index < -0.39 is 15.9 Å². The number of carbonyl (C=O) groups excluding carboxylic acids is 1. The number of nitrogens with two attached hydrogens (primary N) is 1. The highest BCUT2D eigenvalue weighted by Gasteiger charge is 2.23. The summed E-state index contributed by atoms with van der Waals surface area (Å²) in [5.41, 5.74) is 2.52. The van der Waals surface area contributed by atoms with Gasteiger partial charge in [0.2, 0.25) is 10.0 Å². The third-order valence-corrected chi connectivity index (χ3v) is 4.80. The lowest BCUT2D eigenvalue weighted by atomic mass is 10.3. The molecule has 0 spiro atoms. The quantitative estimate of drug-likeness (QED) is 0.415. The SMILES string of the molecule is NNC(=O)c1cscc1S(=O)(=O)NCc1ccccn1. The van der Waals surface area contributed by atoms with Crippen molar-refractivity contribution in [3.63, 3.8) is 0 Å². The minimum absolute atomic E-state index is 0.0195. The first-order valence-corrected chi connectivity index (χ1v) is 7.94. The largest absolute Gasteiger partial charge is 0.290 e. The van der Waals surface area contributed by atoms with Crippen molar-refractivity contribution in [1.82, 2.24) is 15.1 Å². The molecule has 0 atom stereocenters. The molecule has 20 heavy (non-hydrogen) atoms. The second-order valence-electron chi connectivity index (χ2n) is 3.77. The van der Waals surface area contributed by atoms with Crippen LogP contribution >= 0.6 is 11.3 Å². The van der Waals surface area contributed by atoms with Crippen molar-refractivity contribution in [3.05, 3.63) is 46.4 Å². The molecule has 2 aromatic rings. The molecular formula is C11H12N4O3S2. The Morgan fingerprint density at radius 3 is 2.80 bits per heavy atom. The van der Waals surface area contributed by atoms with Crippen LogP contribution in [0.4, 0.5) is 0 Å². The molecular weight excluding hydrogens is 300 g/mol. The lowest BCUT2D eigenvalue weighted by molar-refractivity contribution is 0.0951. The lowest BCUT2D eigenvalue weighted by Gasteiger charge is -2.06. The van der Waals surface area contributed by atoms with Crippen molar-refractivity contribution in [1.29, 1.82) is 0 Å². The fourth-order valence-corrected chi connectivity index (χ4v) is 3.86. The Morgan fingerprint density at radius 2 is 2.15 bits per heavy atom. The van der Waals surface area contributed by atoms with E-state index in [-0.39, 0.29) is 17.0 Å². The number of nitrogen functional groups attached to an aromatic ring is 1. The zero-order chi connectivity index (χ0) is 14.6. The predicted octanol–water partition coefficient (Wildman–Crippen LogP) is 0.225. The first-order valence-electron chi connectivity index (χ1n) is 5.51. The average molecular weight is 312 g/mol. The van der Waals surface area contributed by atoms with Crippen LogP contribution in [0.3, 0.4) is 0 Å². The normalized spacial score (nSPS) is 11.2. The first-order chi connectivity index (χ1) is 9.54. The smallest absolute Gasteiger partial charge is 0.267 e. The molecule has 2 aromatic heterocycles. The minimum Gasteiger partial charge on any atom is -0.290 e. The highest BCUT2D eigenvalue weighted by atomic mass is 32.2. The van der Waals surface area contributed by atoms with Gasteiger partial charge in [-0.3, -0.25) is 15.2 Å². The third kappa shape index (κ3) is 3.20. The Bertz CT molecular complexity index is 697. The zero-order valence-corrected chi connectivity index (χ0v) is 11.9. The van der Waals surface area contributed by atoms with Crippen molar-refractivity contribution in [3.8, 4) is 0 Å². The molecule has 0 saturated heterocycles.